The highest BCUT2D eigenvalue weighted by molar-refractivity contribution is 6.31. The number of benzene rings is 1. The van der Waals surface area contributed by atoms with Gasteiger partial charge in [-0.25, -0.2) is 0 Å². The van der Waals surface area contributed by atoms with E-state index in [1.165, 1.54) is 0 Å². The Labute approximate surface area is 107 Å². The maximum Gasteiger partial charge on any atom is 0.220 e. The predicted octanol–water partition coefficient (Wildman–Crippen LogP) is 2.43. The minimum atomic E-state index is 0.0565. The van der Waals surface area contributed by atoms with E-state index >= 15 is 0 Å². The Bertz CT molecular complexity index is 355. The van der Waals surface area contributed by atoms with Gasteiger partial charge in [-0.1, -0.05) is 29.8 Å². The first kappa shape index (κ1) is 14.0. The van der Waals surface area contributed by atoms with Crippen molar-refractivity contribution in [2.24, 2.45) is 0 Å². The van der Waals surface area contributed by atoms with Crippen molar-refractivity contribution in [1.82, 2.24) is 5.32 Å². The molecule has 0 fully saturated rings. The average molecular weight is 256 g/mol. The molecule has 1 rings (SSSR count). The van der Waals surface area contributed by atoms with Crippen LogP contribution in [0.5, 0.6) is 0 Å². The molecule has 1 aromatic rings. The third-order valence-electron chi connectivity index (χ3n) is 2.43. The second-order valence-electron chi connectivity index (χ2n) is 3.79. The van der Waals surface area contributed by atoms with Gasteiger partial charge in [0.25, 0.3) is 0 Å². The Morgan fingerprint density at radius 2 is 2.18 bits per heavy atom. The molecule has 3 nitrogen and oxygen atoms in total. The van der Waals surface area contributed by atoms with Gasteiger partial charge < -0.3 is 10.1 Å². The van der Waals surface area contributed by atoms with Gasteiger partial charge in [-0.3, -0.25) is 4.79 Å². The number of amides is 1. The molecule has 17 heavy (non-hydrogen) atoms. The standard InChI is InChI=1S/C13H18ClNO2/c1-17-10-4-9-15-13(16)8-7-11-5-2-3-6-12(11)14/h2-3,5-6H,4,7-10H2,1H3,(H,15,16). The van der Waals surface area contributed by atoms with Crippen molar-refractivity contribution in [3.8, 4) is 0 Å². The Balaban J connectivity index is 2.22. The molecule has 0 atom stereocenters. The van der Waals surface area contributed by atoms with Gasteiger partial charge in [-0.2, -0.15) is 0 Å². The van der Waals surface area contributed by atoms with Crippen LogP contribution in [0.15, 0.2) is 24.3 Å². The molecule has 0 saturated heterocycles. The summed E-state index contributed by atoms with van der Waals surface area (Å²) in [5.41, 5.74) is 1.02. The fourth-order valence-electron chi connectivity index (χ4n) is 1.48. The summed E-state index contributed by atoms with van der Waals surface area (Å²) in [4.78, 5) is 11.5. The number of nitrogens with one attached hydrogen (secondary N) is 1. The monoisotopic (exact) mass is 255 g/mol. The molecule has 0 saturated carbocycles. The smallest absolute Gasteiger partial charge is 0.220 e. The number of carbonyl (C=O) groups excluding carboxylic acids is 1. The van der Waals surface area contributed by atoms with Crippen LogP contribution >= 0.6 is 11.6 Å². The third-order valence-corrected chi connectivity index (χ3v) is 2.80. The van der Waals surface area contributed by atoms with Crippen LogP contribution < -0.4 is 5.32 Å². The summed E-state index contributed by atoms with van der Waals surface area (Å²) in [6.07, 6.45) is 1.99. The molecule has 0 heterocycles. The first-order valence-electron chi connectivity index (χ1n) is 5.73. The van der Waals surface area contributed by atoms with Crippen LogP contribution in [0.2, 0.25) is 5.02 Å². The lowest BCUT2D eigenvalue weighted by molar-refractivity contribution is -0.121. The summed E-state index contributed by atoms with van der Waals surface area (Å²) >= 11 is 6.01. The lowest BCUT2D eigenvalue weighted by atomic mass is 10.1. The molecular formula is C13H18ClNO2. The zero-order valence-electron chi connectivity index (χ0n) is 10.0. The summed E-state index contributed by atoms with van der Waals surface area (Å²) in [6.45, 7) is 1.33. The minimum absolute atomic E-state index is 0.0565. The lowest BCUT2D eigenvalue weighted by Gasteiger charge is -2.06. The molecule has 1 N–H and O–H groups in total. The zero-order valence-corrected chi connectivity index (χ0v) is 10.8. The van der Waals surface area contributed by atoms with Crippen molar-refractivity contribution < 1.29 is 9.53 Å². The van der Waals surface area contributed by atoms with Crippen molar-refractivity contribution in [2.45, 2.75) is 19.3 Å². The van der Waals surface area contributed by atoms with Gasteiger partial charge in [0.05, 0.1) is 0 Å². The maximum absolute atomic E-state index is 11.5. The molecule has 0 aliphatic rings. The molecule has 0 spiro atoms. The molecule has 0 aliphatic heterocycles. The van der Waals surface area contributed by atoms with E-state index in [4.69, 9.17) is 16.3 Å². The van der Waals surface area contributed by atoms with E-state index in [0.29, 0.717) is 26.0 Å². The summed E-state index contributed by atoms with van der Waals surface area (Å²) in [5, 5.41) is 3.57. The van der Waals surface area contributed by atoms with Crippen molar-refractivity contribution >= 4 is 17.5 Å². The number of rotatable bonds is 7. The van der Waals surface area contributed by atoms with E-state index in [0.717, 1.165) is 17.0 Å². The molecule has 94 valence electrons. The van der Waals surface area contributed by atoms with Gasteiger partial charge in [0.2, 0.25) is 5.91 Å². The Morgan fingerprint density at radius 3 is 2.88 bits per heavy atom. The number of halogens is 1. The number of hydrogen-bond acceptors (Lipinski definition) is 2. The van der Waals surface area contributed by atoms with Gasteiger partial charge >= 0.3 is 0 Å². The van der Waals surface area contributed by atoms with E-state index in [1.807, 2.05) is 24.3 Å². The van der Waals surface area contributed by atoms with E-state index in [1.54, 1.807) is 7.11 Å². The number of ether oxygens (including phenoxy) is 1. The van der Waals surface area contributed by atoms with Crippen molar-refractivity contribution in [1.29, 1.82) is 0 Å². The number of aryl methyl sites for hydroxylation is 1. The highest BCUT2D eigenvalue weighted by Gasteiger charge is 2.03. The van der Waals surface area contributed by atoms with Crippen LogP contribution in [-0.4, -0.2) is 26.2 Å². The van der Waals surface area contributed by atoms with Crippen LogP contribution in [0.4, 0.5) is 0 Å². The van der Waals surface area contributed by atoms with E-state index in [-0.39, 0.29) is 5.91 Å². The summed E-state index contributed by atoms with van der Waals surface area (Å²) in [7, 11) is 1.65. The van der Waals surface area contributed by atoms with Crippen LogP contribution in [0.1, 0.15) is 18.4 Å². The van der Waals surface area contributed by atoms with Crippen LogP contribution in [0.3, 0.4) is 0 Å². The molecule has 0 bridgehead atoms. The number of hydrogen-bond donors (Lipinski definition) is 1. The van der Waals surface area contributed by atoms with Crippen LogP contribution in [0.25, 0.3) is 0 Å². The van der Waals surface area contributed by atoms with Gasteiger partial charge in [0.1, 0.15) is 0 Å². The number of carbonyl (C=O) groups is 1. The molecular weight excluding hydrogens is 238 g/mol. The van der Waals surface area contributed by atoms with Crippen molar-refractivity contribution in [2.75, 3.05) is 20.3 Å². The summed E-state index contributed by atoms with van der Waals surface area (Å²) in [5.74, 6) is 0.0565. The largest absolute Gasteiger partial charge is 0.385 e. The minimum Gasteiger partial charge on any atom is -0.385 e. The molecule has 0 radical (unpaired) electrons. The van der Waals surface area contributed by atoms with Gasteiger partial charge in [0.15, 0.2) is 0 Å². The first-order valence-corrected chi connectivity index (χ1v) is 6.11. The molecule has 1 aromatic carbocycles. The Morgan fingerprint density at radius 1 is 1.41 bits per heavy atom. The fraction of sp³-hybridized carbons (Fsp3) is 0.462. The van der Waals surface area contributed by atoms with E-state index in [2.05, 4.69) is 5.32 Å². The lowest BCUT2D eigenvalue weighted by Crippen LogP contribution is -2.25. The first-order chi connectivity index (χ1) is 8.24. The predicted molar refractivity (Wildman–Crippen MR) is 69.3 cm³/mol. The van der Waals surface area contributed by atoms with Crippen LogP contribution in [-0.2, 0) is 16.0 Å². The summed E-state index contributed by atoms with van der Waals surface area (Å²) in [6, 6.07) is 7.60. The second kappa shape index (κ2) is 8.09. The van der Waals surface area contributed by atoms with Crippen molar-refractivity contribution in [3.05, 3.63) is 34.9 Å². The highest BCUT2D eigenvalue weighted by Crippen LogP contribution is 2.16. The Kier molecular flexibility index (Phi) is 6.67. The molecule has 1 amide bonds. The summed E-state index contributed by atoms with van der Waals surface area (Å²) < 4.78 is 4.90. The molecule has 4 heteroatoms. The second-order valence-corrected chi connectivity index (χ2v) is 4.19. The van der Waals surface area contributed by atoms with E-state index < -0.39 is 0 Å². The van der Waals surface area contributed by atoms with Gasteiger partial charge in [0, 0.05) is 31.7 Å². The van der Waals surface area contributed by atoms with Gasteiger partial charge in [-0.05, 0) is 24.5 Å². The average Bonchev–Trinajstić information content (AvgIpc) is 2.34. The topological polar surface area (TPSA) is 38.3 Å². The SMILES string of the molecule is COCCCNC(=O)CCc1ccccc1Cl. The highest BCUT2D eigenvalue weighted by atomic mass is 35.5. The zero-order chi connectivity index (χ0) is 12.5. The fourth-order valence-corrected chi connectivity index (χ4v) is 1.71. The van der Waals surface area contributed by atoms with E-state index in [9.17, 15) is 4.79 Å². The number of methoxy groups -OCH3 is 1. The molecule has 0 unspecified atom stereocenters. The third kappa shape index (κ3) is 5.71. The van der Waals surface area contributed by atoms with Gasteiger partial charge in [-0.15, -0.1) is 0 Å². The maximum atomic E-state index is 11.5. The quantitative estimate of drug-likeness (QED) is 0.760. The van der Waals surface area contributed by atoms with Crippen LogP contribution in [0, 0.1) is 0 Å². The molecule has 0 aliphatic carbocycles. The van der Waals surface area contributed by atoms with Crippen molar-refractivity contribution in [3.63, 3.8) is 0 Å². The Hall–Kier alpha value is -1.06. The normalized spacial score (nSPS) is 10.2. The molecule has 0 aromatic heterocycles.